The Labute approximate surface area is 200 Å². The highest BCUT2D eigenvalue weighted by Gasteiger charge is 2.75. The minimum absolute atomic E-state index is 0.180. The van der Waals surface area contributed by atoms with Crippen LogP contribution in [0, 0.1) is 5.41 Å². The third-order valence-electron chi connectivity index (χ3n) is 8.22. The molecule has 2 fully saturated rings. The minimum atomic E-state index is -1.17. The van der Waals surface area contributed by atoms with Gasteiger partial charge in [-0.3, -0.25) is 10.1 Å². The SMILES string of the molecule is C=C1C2(CCCCC2)N[C@]2(c3ccccc3)C(c3ccccc3)=C(C(=O)OC)C[C@]12C(=O)OC. The molecule has 0 radical (unpaired) electrons. The van der Waals surface area contributed by atoms with Gasteiger partial charge < -0.3 is 9.47 Å². The zero-order chi connectivity index (χ0) is 24.0. The van der Waals surface area contributed by atoms with Gasteiger partial charge in [0.05, 0.1) is 19.8 Å². The highest BCUT2D eigenvalue weighted by molar-refractivity contribution is 6.07. The van der Waals surface area contributed by atoms with Gasteiger partial charge in [-0.2, -0.15) is 0 Å². The Kier molecular flexibility index (Phi) is 5.48. The molecule has 34 heavy (non-hydrogen) atoms. The van der Waals surface area contributed by atoms with Crippen molar-refractivity contribution in [3.63, 3.8) is 0 Å². The average molecular weight is 458 g/mol. The monoisotopic (exact) mass is 457 g/mol. The number of carbonyl (C=O) groups excluding carboxylic acids is 2. The summed E-state index contributed by atoms with van der Waals surface area (Å²) >= 11 is 0. The molecule has 1 N–H and O–H groups in total. The molecular weight excluding hydrogens is 426 g/mol. The van der Waals surface area contributed by atoms with Gasteiger partial charge in [0.15, 0.2) is 0 Å². The number of hydrogen-bond donors (Lipinski definition) is 1. The predicted molar refractivity (Wildman–Crippen MR) is 131 cm³/mol. The molecule has 1 aliphatic heterocycles. The normalized spacial score (nSPS) is 27.5. The summed E-state index contributed by atoms with van der Waals surface area (Å²) < 4.78 is 10.8. The topological polar surface area (TPSA) is 64.6 Å². The van der Waals surface area contributed by atoms with E-state index in [1.54, 1.807) is 0 Å². The van der Waals surface area contributed by atoms with Crippen molar-refractivity contribution >= 4 is 17.5 Å². The summed E-state index contributed by atoms with van der Waals surface area (Å²) in [4.78, 5) is 27.2. The van der Waals surface area contributed by atoms with Crippen LogP contribution in [0.1, 0.15) is 49.7 Å². The van der Waals surface area contributed by atoms with Crippen LogP contribution in [-0.4, -0.2) is 31.7 Å². The lowest BCUT2D eigenvalue weighted by molar-refractivity contribution is -0.152. The van der Waals surface area contributed by atoms with Gasteiger partial charge in [0, 0.05) is 17.5 Å². The molecule has 0 amide bonds. The fraction of sp³-hybridized carbons (Fsp3) is 0.379. The van der Waals surface area contributed by atoms with Gasteiger partial charge >= 0.3 is 11.9 Å². The van der Waals surface area contributed by atoms with Crippen LogP contribution in [0.4, 0.5) is 0 Å². The average Bonchev–Trinajstić information content (AvgIpc) is 3.30. The molecule has 176 valence electrons. The molecule has 2 aliphatic carbocycles. The molecule has 5 rings (SSSR count). The number of ether oxygens (including phenoxy) is 2. The van der Waals surface area contributed by atoms with Crippen LogP contribution < -0.4 is 5.32 Å². The van der Waals surface area contributed by atoms with E-state index in [0.29, 0.717) is 5.57 Å². The zero-order valence-electron chi connectivity index (χ0n) is 19.9. The number of nitrogens with one attached hydrogen (secondary N) is 1. The van der Waals surface area contributed by atoms with Crippen molar-refractivity contribution in [2.75, 3.05) is 14.2 Å². The molecule has 1 saturated carbocycles. The molecule has 0 unspecified atom stereocenters. The molecule has 3 aliphatic rings. The van der Waals surface area contributed by atoms with Crippen LogP contribution in [0.3, 0.4) is 0 Å². The summed E-state index contributed by atoms with van der Waals surface area (Å²) in [6.45, 7) is 4.59. The van der Waals surface area contributed by atoms with Crippen molar-refractivity contribution in [2.24, 2.45) is 5.41 Å². The van der Waals surface area contributed by atoms with E-state index in [2.05, 4.69) is 11.9 Å². The third-order valence-corrected chi connectivity index (χ3v) is 8.22. The van der Waals surface area contributed by atoms with Crippen LogP contribution in [0.25, 0.3) is 5.57 Å². The lowest BCUT2D eigenvalue weighted by atomic mass is 9.61. The number of esters is 2. The second-order valence-electron chi connectivity index (χ2n) is 9.65. The van der Waals surface area contributed by atoms with Gasteiger partial charge in [-0.25, -0.2) is 4.79 Å². The number of benzene rings is 2. The van der Waals surface area contributed by atoms with Crippen molar-refractivity contribution in [3.8, 4) is 0 Å². The van der Waals surface area contributed by atoms with E-state index >= 15 is 0 Å². The maximum absolute atomic E-state index is 14.0. The maximum atomic E-state index is 14.0. The third kappa shape index (κ3) is 2.83. The van der Waals surface area contributed by atoms with Crippen LogP contribution in [0.2, 0.25) is 0 Å². The smallest absolute Gasteiger partial charge is 0.334 e. The largest absolute Gasteiger partial charge is 0.468 e. The first kappa shape index (κ1) is 22.6. The number of hydrogen-bond acceptors (Lipinski definition) is 5. The van der Waals surface area contributed by atoms with Gasteiger partial charge in [-0.05, 0) is 35.1 Å². The Hall–Kier alpha value is -3.18. The number of methoxy groups -OCH3 is 2. The van der Waals surface area contributed by atoms with E-state index in [1.165, 1.54) is 14.2 Å². The molecule has 0 aromatic heterocycles. The van der Waals surface area contributed by atoms with Gasteiger partial charge in [-0.15, -0.1) is 0 Å². The molecule has 2 aromatic carbocycles. The molecule has 5 nitrogen and oxygen atoms in total. The van der Waals surface area contributed by atoms with Gasteiger partial charge in [0.2, 0.25) is 0 Å². The number of fused-ring (bicyclic) bond motifs is 1. The maximum Gasteiger partial charge on any atom is 0.334 e. The summed E-state index contributed by atoms with van der Waals surface area (Å²) in [7, 11) is 2.81. The van der Waals surface area contributed by atoms with Crippen LogP contribution in [-0.2, 0) is 24.6 Å². The standard InChI is InChI=1S/C29H31NO4/c1-20-27(17-11-6-12-18-27)30-29(22-15-9-5-10-16-22)24(21-13-7-4-8-14-21)23(25(31)33-2)19-28(20,29)26(32)34-3/h4-5,7-10,13-16,30H,1,6,11-12,17-19H2,2-3H3/t28-,29-/m1/s1. The van der Waals surface area contributed by atoms with Gasteiger partial charge in [-0.1, -0.05) is 86.5 Å². The van der Waals surface area contributed by atoms with Crippen molar-refractivity contribution in [3.05, 3.63) is 89.5 Å². The first-order valence-corrected chi connectivity index (χ1v) is 12.0. The van der Waals surface area contributed by atoms with Gasteiger partial charge in [0.1, 0.15) is 5.41 Å². The van der Waals surface area contributed by atoms with E-state index in [0.717, 1.165) is 54.4 Å². The molecule has 1 heterocycles. The molecular formula is C29H31NO4. The first-order chi connectivity index (χ1) is 16.5. The van der Waals surface area contributed by atoms with Crippen LogP contribution >= 0.6 is 0 Å². The first-order valence-electron chi connectivity index (χ1n) is 12.0. The fourth-order valence-electron chi connectivity index (χ4n) is 6.82. The van der Waals surface area contributed by atoms with Crippen LogP contribution in [0.15, 0.2) is 78.4 Å². The lowest BCUT2D eigenvalue weighted by Crippen LogP contribution is -2.54. The minimum Gasteiger partial charge on any atom is -0.468 e. The Morgan fingerprint density at radius 3 is 2.09 bits per heavy atom. The Balaban J connectivity index is 1.90. The van der Waals surface area contributed by atoms with Gasteiger partial charge in [0.25, 0.3) is 0 Å². The van der Waals surface area contributed by atoms with Crippen molar-refractivity contribution < 1.29 is 19.1 Å². The van der Waals surface area contributed by atoms with E-state index in [1.807, 2.05) is 60.7 Å². The molecule has 2 aromatic rings. The summed E-state index contributed by atoms with van der Waals surface area (Å²) in [5.74, 6) is -0.803. The fourth-order valence-corrected chi connectivity index (χ4v) is 6.82. The highest BCUT2D eigenvalue weighted by atomic mass is 16.5. The van der Waals surface area contributed by atoms with E-state index < -0.39 is 22.5 Å². The second kappa shape index (κ2) is 8.24. The summed E-state index contributed by atoms with van der Waals surface area (Å²) in [6.07, 6.45) is 5.25. The molecule has 1 saturated heterocycles. The van der Waals surface area contributed by atoms with E-state index in [-0.39, 0.29) is 12.4 Å². The molecule has 0 bridgehead atoms. The second-order valence-corrected chi connectivity index (χ2v) is 9.65. The van der Waals surface area contributed by atoms with E-state index in [4.69, 9.17) is 9.47 Å². The quantitative estimate of drug-likeness (QED) is 0.521. The lowest BCUT2D eigenvalue weighted by Gasteiger charge is -2.42. The predicted octanol–water partition coefficient (Wildman–Crippen LogP) is 4.93. The Bertz CT molecular complexity index is 1160. The zero-order valence-corrected chi connectivity index (χ0v) is 19.9. The number of rotatable bonds is 4. The molecule has 2 atom stereocenters. The van der Waals surface area contributed by atoms with Crippen molar-refractivity contribution in [2.45, 2.75) is 49.6 Å². The highest BCUT2D eigenvalue weighted by Crippen LogP contribution is 2.69. The summed E-state index contributed by atoms with van der Waals surface area (Å²) in [6, 6.07) is 19.8. The Morgan fingerprint density at radius 2 is 1.50 bits per heavy atom. The summed E-state index contributed by atoms with van der Waals surface area (Å²) in [5.41, 5.74) is 1.29. The van der Waals surface area contributed by atoms with Crippen molar-refractivity contribution in [1.82, 2.24) is 5.32 Å². The van der Waals surface area contributed by atoms with E-state index in [9.17, 15) is 9.59 Å². The number of carbonyl (C=O) groups is 2. The summed E-state index contributed by atoms with van der Waals surface area (Å²) in [5, 5.41) is 4.00. The Morgan fingerprint density at radius 1 is 0.882 bits per heavy atom. The molecule has 1 spiro atoms. The van der Waals surface area contributed by atoms with Crippen LogP contribution in [0.5, 0.6) is 0 Å². The van der Waals surface area contributed by atoms with Crippen molar-refractivity contribution in [1.29, 1.82) is 0 Å². The molecule has 5 heteroatoms.